The number of amides is 1. The Morgan fingerprint density at radius 3 is 3.05 bits per heavy atom. The van der Waals surface area contributed by atoms with Crippen molar-refractivity contribution in [2.24, 2.45) is 0 Å². The van der Waals surface area contributed by atoms with E-state index in [-0.39, 0.29) is 11.9 Å². The summed E-state index contributed by atoms with van der Waals surface area (Å²) in [5, 5.41) is 6.68. The molecule has 6 heteroatoms. The van der Waals surface area contributed by atoms with Gasteiger partial charge in [-0.2, -0.15) is 11.8 Å². The molecule has 4 nitrogen and oxygen atoms in total. The molecule has 0 bridgehead atoms. The SMILES string of the molecule is CNC1C(=O)Nc2cc(N3CCCSCC3)c(Cl)cc21. The van der Waals surface area contributed by atoms with Crippen LogP contribution in [0.5, 0.6) is 0 Å². The Hall–Kier alpha value is -0.910. The maximum absolute atomic E-state index is 11.9. The summed E-state index contributed by atoms with van der Waals surface area (Å²) in [6.45, 7) is 2.03. The van der Waals surface area contributed by atoms with Crippen molar-refractivity contribution in [3.63, 3.8) is 0 Å². The van der Waals surface area contributed by atoms with Crippen LogP contribution >= 0.6 is 23.4 Å². The number of likely N-dealkylation sites (N-methyl/N-ethyl adjacent to an activating group) is 1. The summed E-state index contributed by atoms with van der Waals surface area (Å²) in [4.78, 5) is 14.2. The molecule has 1 saturated heterocycles. The zero-order chi connectivity index (χ0) is 14.1. The lowest BCUT2D eigenvalue weighted by Crippen LogP contribution is -2.25. The number of hydrogen-bond acceptors (Lipinski definition) is 4. The highest BCUT2D eigenvalue weighted by atomic mass is 35.5. The lowest BCUT2D eigenvalue weighted by Gasteiger charge is -2.24. The van der Waals surface area contributed by atoms with Crippen LogP contribution in [0.2, 0.25) is 5.02 Å². The molecule has 0 radical (unpaired) electrons. The Bertz CT molecular complexity index is 529. The van der Waals surface area contributed by atoms with Gasteiger partial charge in [-0.25, -0.2) is 0 Å². The molecule has 0 aromatic heterocycles. The number of nitrogens with one attached hydrogen (secondary N) is 2. The summed E-state index contributed by atoms with van der Waals surface area (Å²) >= 11 is 8.43. The van der Waals surface area contributed by atoms with E-state index in [1.165, 1.54) is 12.2 Å². The minimum absolute atomic E-state index is 0.0119. The highest BCUT2D eigenvalue weighted by Gasteiger charge is 2.30. The smallest absolute Gasteiger partial charge is 0.246 e. The summed E-state index contributed by atoms with van der Waals surface area (Å²) < 4.78 is 0. The molecule has 3 rings (SSSR count). The standard InChI is InChI=1S/C14H18ClN3OS/c1-16-13-9-7-10(15)12(8-11(9)17-14(13)19)18-3-2-5-20-6-4-18/h7-8,13,16H,2-6H2,1H3,(H,17,19). The molecule has 108 valence electrons. The van der Waals surface area contributed by atoms with Crippen LogP contribution in [0.15, 0.2) is 12.1 Å². The Labute approximate surface area is 128 Å². The van der Waals surface area contributed by atoms with Gasteiger partial charge in [-0.1, -0.05) is 11.6 Å². The third kappa shape index (κ3) is 2.50. The molecule has 1 aromatic rings. The van der Waals surface area contributed by atoms with E-state index >= 15 is 0 Å². The largest absolute Gasteiger partial charge is 0.369 e. The molecule has 1 fully saturated rings. The normalized spacial score (nSPS) is 22.4. The highest BCUT2D eigenvalue weighted by Crippen LogP contribution is 2.39. The second kappa shape index (κ2) is 5.84. The number of hydrogen-bond donors (Lipinski definition) is 2. The third-order valence-electron chi connectivity index (χ3n) is 3.80. The van der Waals surface area contributed by atoms with E-state index in [9.17, 15) is 4.79 Å². The number of fused-ring (bicyclic) bond motifs is 1. The number of thioether (sulfide) groups is 1. The van der Waals surface area contributed by atoms with Gasteiger partial charge in [0.15, 0.2) is 0 Å². The zero-order valence-corrected chi connectivity index (χ0v) is 13.0. The number of benzene rings is 1. The van der Waals surface area contributed by atoms with E-state index in [0.29, 0.717) is 0 Å². The first-order valence-electron chi connectivity index (χ1n) is 6.85. The maximum Gasteiger partial charge on any atom is 0.246 e. The first kappa shape index (κ1) is 14.0. The van der Waals surface area contributed by atoms with Crippen molar-refractivity contribution in [3.05, 3.63) is 22.7 Å². The second-order valence-corrected chi connectivity index (χ2v) is 6.69. The lowest BCUT2D eigenvalue weighted by atomic mass is 10.1. The average Bonchev–Trinajstić information content (AvgIpc) is 2.62. The van der Waals surface area contributed by atoms with E-state index in [4.69, 9.17) is 11.6 Å². The molecule has 2 aliphatic heterocycles. The van der Waals surface area contributed by atoms with E-state index in [0.717, 1.165) is 40.8 Å². The van der Waals surface area contributed by atoms with Crippen LogP contribution in [-0.4, -0.2) is 37.6 Å². The average molecular weight is 312 g/mol. The van der Waals surface area contributed by atoms with Crippen LogP contribution in [-0.2, 0) is 4.79 Å². The number of nitrogens with zero attached hydrogens (tertiary/aromatic N) is 1. The molecule has 1 atom stereocenters. The number of rotatable bonds is 2. The fourth-order valence-corrected chi connectivity index (χ4v) is 3.96. The predicted octanol–water partition coefficient (Wildman–Crippen LogP) is 2.50. The third-order valence-corrected chi connectivity index (χ3v) is 5.15. The monoisotopic (exact) mass is 311 g/mol. The summed E-state index contributed by atoms with van der Waals surface area (Å²) in [6.07, 6.45) is 1.17. The van der Waals surface area contributed by atoms with Crippen molar-refractivity contribution in [3.8, 4) is 0 Å². The van der Waals surface area contributed by atoms with Gasteiger partial charge in [0.05, 0.1) is 10.7 Å². The Morgan fingerprint density at radius 2 is 2.25 bits per heavy atom. The molecule has 0 aliphatic carbocycles. The molecule has 2 heterocycles. The Kier molecular flexibility index (Phi) is 4.10. The Balaban J connectivity index is 1.94. The van der Waals surface area contributed by atoms with Gasteiger partial charge in [0.2, 0.25) is 5.91 Å². The van der Waals surface area contributed by atoms with Crippen molar-refractivity contribution in [2.75, 3.05) is 41.9 Å². The van der Waals surface area contributed by atoms with Gasteiger partial charge in [0.1, 0.15) is 6.04 Å². The van der Waals surface area contributed by atoms with E-state index in [1.807, 2.05) is 23.9 Å². The van der Waals surface area contributed by atoms with Crippen molar-refractivity contribution < 1.29 is 4.79 Å². The molecule has 0 spiro atoms. The lowest BCUT2D eigenvalue weighted by molar-refractivity contribution is -0.117. The minimum Gasteiger partial charge on any atom is -0.369 e. The second-order valence-electron chi connectivity index (χ2n) is 5.05. The van der Waals surface area contributed by atoms with Gasteiger partial charge in [-0.3, -0.25) is 4.79 Å². The summed E-state index contributed by atoms with van der Waals surface area (Å²) in [7, 11) is 1.78. The van der Waals surface area contributed by atoms with Crippen LogP contribution in [0.4, 0.5) is 11.4 Å². The molecule has 2 N–H and O–H groups in total. The fraction of sp³-hybridized carbons (Fsp3) is 0.500. The van der Waals surface area contributed by atoms with Gasteiger partial charge in [0, 0.05) is 30.1 Å². The minimum atomic E-state index is -0.295. The number of carbonyl (C=O) groups excluding carboxylic acids is 1. The van der Waals surface area contributed by atoms with Crippen LogP contribution in [0, 0.1) is 0 Å². The van der Waals surface area contributed by atoms with E-state index in [2.05, 4.69) is 15.5 Å². The molecule has 1 aromatic carbocycles. The molecule has 20 heavy (non-hydrogen) atoms. The quantitative estimate of drug-likeness (QED) is 0.881. The van der Waals surface area contributed by atoms with E-state index < -0.39 is 0 Å². The first-order chi connectivity index (χ1) is 9.70. The fourth-order valence-electron chi connectivity index (χ4n) is 2.79. The number of anilines is 2. The molecular weight excluding hydrogens is 294 g/mol. The summed E-state index contributed by atoms with van der Waals surface area (Å²) in [5.41, 5.74) is 2.85. The van der Waals surface area contributed by atoms with Gasteiger partial charge in [-0.15, -0.1) is 0 Å². The number of halogens is 1. The van der Waals surface area contributed by atoms with Crippen LogP contribution in [0.1, 0.15) is 18.0 Å². The summed E-state index contributed by atoms with van der Waals surface area (Å²) in [6, 6.07) is 3.64. The van der Waals surface area contributed by atoms with Crippen LogP contribution in [0.3, 0.4) is 0 Å². The van der Waals surface area contributed by atoms with Gasteiger partial charge in [0.25, 0.3) is 0 Å². The molecular formula is C14H18ClN3OS. The van der Waals surface area contributed by atoms with Crippen molar-refractivity contribution >= 4 is 40.6 Å². The van der Waals surface area contributed by atoms with Crippen LogP contribution in [0.25, 0.3) is 0 Å². The van der Waals surface area contributed by atoms with E-state index in [1.54, 1.807) is 7.05 Å². The van der Waals surface area contributed by atoms with Crippen molar-refractivity contribution in [2.45, 2.75) is 12.5 Å². The van der Waals surface area contributed by atoms with Gasteiger partial charge in [-0.05, 0) is 31.4 Å². The molecule has 1 unspecified atom stereocenters. The molecule has 0 saturated carbocycles. The van der Waals surface area contributed by atoms with Gasteiger partial charge < -0.3 is 15.5 Å². The predicted molar refractivity (Wildman–Crippen MR) is 86.0 cm³/mol. The van der Waals surface area contributed by atoms with Gasteiger partial charge >= 0.3 is 0 Å². The van der Waals surface area contributed by atoms with Crippen molar-refractivity contribution in [1.82, 2.24) is 5.32 Å². The zero-order valence-electron chi connectivity index (χ0n) is 11.4. The molecule has 1 amide bonds. The highest BCUT2D eigenvalue weighted by molar-refractivity contribution is 7.99. The molecule has 2 aliphatic rings. The summed E-state index contributed by atoms with van der Waals surface area (Å²) in [5.74, 6) is 2.32. The van der Waals surface area contributed by atoms with Crippen molar-refractivity contribution in [1.29, 1.82) is 0 Å². The Morgan fingerprint density at radius 1 is 1.40 bits per heavy atom. The number of carbonyl (C=O) groups is 1. The first-order valence-corrected chi connectivity index (χ1v) is 8.38. The van der Waals surface area contributed by atoms with Crippen LogP contribution < -0.4 is 15.5 Å². The maximum atomic E-state index is 11.9. The topological polar surface area (TPSA) is 44.4 Å².